The summed E-state index contributed by atoms with van der Waals surface area (Å²) in [6.45, 7) is 1.23. The van der Waals surface area contributed by atoms with Gasteiger partial charge in [0.25, 0.3) is 5.88 Å². The first-order chi connectivity index (χ1) is 6.11. The Kier molecular flexibility index (Phi) is 2.92. The van der Waals surface area contributed by atoms with Gasteiger partial charge in [0.1, 0.15) is 6.10 Å². The van der Waals surface area contributed by atoms with Crippen LogP contribution in [0.3, 0.4) is 0 Å². The smallest absolute Gasteiger partial charge is 0.341 e. The van der Waals surface area contributed by atoms with Crippen LogP contribution in [0.25, 0.3) is 0 Å². The highest BCUT2D eigenvalue weighted by Crippen LogP contribution is 2.11. The van der Waals surface area contributed by atoms with Crippen molar-refractivity contribution in [1.82, 2.24) is 4.98 Å². The normalized spacial score (nSPS) is 12.2. The van der Waals surface area contributed by atoms with Crippen molar-refractivity contribution in [3.05, 3.63) is 24.1 Å². The third-order valence-corrected chi connectivity index (χ3v) is 1.26. The summed E-state index contributed by atoms with van der Waals surface area (Å²) in [7, 11) is 0. The van der Waals surface area contributed by atoms with Gasteiger partial charge in [0.15, 0.2) is 5.82 Å². The average Bonchev–Trinajstić information content (AvgIpc) is 2.08. The van der Waals surface area contributed by atoms with Crippen molar-refractivity contribution >= 4 is 5.97 Å². The van der Waals surface area contributed by atoms with Crippen molar-refractivity contribution in [3.8, 4) is 5.88 Å². The van der Waals surface area contributed by atoms with Crippen LogP contribution in [0.15, 0.2) is 18.3 Å². The van der Waals surface area contributed by atoms with Crippen LogP contribution in [-0.4, -0.2) is 22.2 Å². The number of aliphatic hydroxyl groups is 1. The Bertz CT molecular complexity index is 314. The Hall–Kier alpha value is -1.49. The highest BCUT2D eigenvalue weighted by molar-refractivity contribution is 5.76. The topological polar surface area (TPSA) is 59.4 Å². The number of halogens is 1. The quantitative estimate of drug-likeness (QED) is 0.682. The summed E-state index contributed by atoms with van der Waals surface area (Å²) in [6.07, 6.45) is -0.00491. The van der Waals surface area contributed by atoms with Crippen molar-refractivity contribution in [2.45, 2.75) is 13.0 Å². The lowest BCUT2D eigenvalue weighted by Gasteiger charge is -2.04. The maximum absolute atomic E-state index is 12.8. The number of nitrogens with zero attached hydrogens (tertiary/aromatic N) is 1. The number of ether oxygens (including phenoxy) is 1. The van der Waals surface area contributed by atoms with Crippen LogP contribution < -0.4 is 4.74 Å². The largest absolute Gasteiger partial charge is 0.402 e. The summed E-state index contributed by atoms with van der Waals surface area (Å²) >= 11 is 0. The van der Waals surface area contributed by atoms with Crippen molar-refractivity contribution in [3.63, 3.8) is 0 Å². The van der Waals surface area contributed by atoms with E-state index in [0.717, 1.165) is 6.07 Å². The summed E-state index contributed by atoms with van der Waals surface area (Å²) in [6, 6.07) is 2.48. The number of pyridine rings is 1. The minimum Gasteiger partial charge on any atom is -0.402 e. The second-order valence-electron chi connectivity index (χ2n) is 2.39. The van der Waals surface area contributed by atoms with Crippen LogP contribution in [0.1, 0.15) is 6.92 Å². The summed E-state index contributed by atoms with van der Waals surface area (Å²) < 4.78 is 17.2. The van der Waals surface area contributed by atoms with Gasteiger partial charge < -0.3 is 9.84 Å². The number of hydrogen-bond donors (Lipinski definition) is 1. The van der Waals surface area contributed by atoms with Gasteiger partial charge in [-0.15, -0.1) is 0 Å². The Balaban J connectivity index is 2.75. The first-order valence-corrected chi connectivity index (χ1v) is 3.61. The Morgan fingerprint density at radius 2 is 2.46 bits per heavy atom. The van der Waals surface area contributed by atoms with Crippen LogP contribution in [0, 0.1) is 5.82 Å². The van der Waals surface area contributed by atoms with E-state index in [2.05, 4.69) is 9.72 Å². The maximum Gasteiger partial charge on any atom is 0.341 e. The van der Waals surface area contributed by atoms with E-state index in [1.54, 1.807) is 0 Å². The van der Waals surface area contributed by atoms with E-state index >= 15 is 0 Å². The first-order valence-electron chi connectivity index (χ1n) is 3.61. The molecule has 0 radical (unpaired) electrons. The van der Waals surface area contributed by atoms with E-state index in [1.807, 2.05) is 0 Å². The van der Waals surface area contributed by atoms with Gasteiger partial charge in [-0.1, -0.05) is 0 Å². The zero-order chi connectivity index (χ0) is 9.84. The number of carbonyl (C=O) groups is 1. The Morgan fingerprint density at radius 3 is 3.00 bits per heavy atom. The van der Waals surface area contributed by atoms with Crippen LogP contribution >= 0.6 is 0 Å². The van der Waals surface area contributed by atoms with Crippen molar-refractivity contribution in [1.29, 1.82) is 0 Å². The molecule has 1 atom stereocenters. The lowest BCUT2D eigenvalue weighted by Crippen LogP contribution is -2.23. The Labute approximate surface area is 74.0 Å². The monoisotopic (exact) mass is 185 g/mol. The number of hydrogen-bond acceptors (Lipinski definition) is 4. The molecule has 0 saturated heterocycles. The van der Waals surface area contributed by atoms with E-state index in [0.29, 0.717) is 0 Å². The lowest BCUT2D eigenvalue weighted by molar-refractivity contribution is -0.143. The molecule has 13 heavy (non-hydrogen) atoms. The van der Waals surface area contributed by atoms with Gasteiger partial charge in [-0.3, -0.25) is 0 Å². The van der Waals surface area contributed by atoms with Gasteiger partial charge in [0.05, 0.1) is 0 Å². The van der Waals surface area contributed by atoms with Crippen LogP contribution in [0.4, 0.5) is 4.39 Å². The first kappa shape index (κ1) is 9.60. The molecule has 0 saturated carbocycles. The SMILES string of the molecule is CC(O)C(=O)Oc1ncccc1F. The fourth-order valence-corrected chi connectivity index (χ4v) is 0.627. The summed E-state index contributed by atoms with van der Waals surface area (Å²) in [5, 5.41) is 8.75. The summed E-state index contributed by atoms with van der Waals surface area (Å²) in [5.74, 6) is -2.09. The minimum atomic E-state index is -1.29. The molecule has 0 amide bonds. The highest BCUT2D eigenvalue weighted by atomic mass is 19.1. The fourth-order valence-electron chi connectivity index (χ4n) is 0.627. The Morgan fingerprint density at radius 1 is 1.77 bits per heavy atom. The number of aliphatic hydroxyl groups excluding tert-OH is 1. The molecule has 1 heterocycles. The zero-order valence-corrected chi connectivity index (χ0v) is 6.90. The van der Waals surface area contributed by atoms with E-state index < -0.39 is 23.8 Å². The second-order valence-corrected chi connectivity index (χ2v) is 2.39. The molecule has 0 aliphatic heterocycles. The molecule has 0 aliphatic rings. The number of carbonyl (C=O) groups excluding carboxylic acids is 1. The molecule has 1 N–H and O–H groups in total. The fraction of sp³-hybridized carbons (Fsp3) is 0.250. The van der Waals surface area contributed by atoms with Crippen molar-refractivity contribution in [2.75, 3.05) is 0 Å². The van der Waals surface area contributed by atoms with E-state index in [1.165, 1.54) is 19.2 Å². The number of rotatable bonds is 2. The molecule has 1 rings (SSSR count). The van der Waals surface area contributed by atoms with E-state index in [-0.39, 0.29) is 0 Å². The van der Waals surface area contributed by atoms with Gasteiger partial charge in [-0.05, 0) is 19.1 Å². The average molecular weight is 185 g/mol. The summed E-state index contributed by atoms with van der Waals surface area (Å²) in [4.78, 5) is 14.3. The molecule has 0 bridgehead atoms. The van der Waals surface area contributed by atoms with Crippen LogP contribution in [0.5, 0.6) is 5.88 Å². The summed E-state index contributed by atoms with van der Waals surface area (Å²) in [5.41, 5.74) is 0. The van der Waals surface area contributed by atoms with Crippen molar-refractivity contribution < 1.29 is 19.0 Å². The predicted octanol–water partition coefficient (Wildman–Crippen LogP) is 0.507. The maximum atomic E-state index is 12.8. The molecule has 70 valence electrons. The number of esters is 1. The minimum absolute atomic E-state index is 0.423. The zero-order valence-electron chi connectivity index (χ0n) is 6.90. The predicted molar refractivity (Wildman–Crippen MR) is 41.5 cm³/mol. The molecular weight excluding hydrogens is 177 g/mol. The molecule has 1 unspecified atom stereocenters. The van der Waals surface area contributed by atoms with Gasteiger partial charge in [-0.25, -0.2) is 14.2 Å². The van der Waals surface area contributed by atoms with E-state index in [9.17, 15) is 9.18 Å². The molecule has 0 aliphatic carbocycles. The van der Waals surface area contributed by atoms with Crippen molar-refractivity contribution in [2.24, 2.45) is 0 Å². The van der Waals surface area contributed by atoms with Gasteiger partial charge in [0, 0.05) is 6.20 Å². The molecule has 4 nitrogen and oxygen atoms in total. The molecule has 1 aromatic rings. The highest BCUT2D eigenvalue weighted by Gasteiger charge is 2.14. The molecular formula is C8H8FNO3. The lowest BCUT2D eigenvalue weighted by atomic mass is 10.4. The third kappa shape index (κ3) is 2.48. The molecule has 5 heteroatoms. The van der Waals surface area contributed by atoms with Gasteiger partial charge in [-0.2, -0.15) is 0 Å². The van der Waals surface area contributed by atoms with Crippen LogP contribution in [0.2, 0.25) is 0 Å². The van der Waals surface area contributed by atoms with Crippen LogP contribution in [-0.2, 0) is 4.79 Å². The van der Waals surface area contributed by atoms with Gasteiger partial charge in [0.2, 0.25) is 0 Å². The molecule has 0 aromatic carbocycles. The molecule has 0 fully saturated rings. The van der Waals surface area contributed by atoms with Gasteiger partial charge >= 0.3 is 5.97 Å². The van der Waals surface area contributed by atoms with E-state index in [4.69, 9.17) is 5.11 Å². The second kappa shape index (κ2) is 3.95. The standard InChI is InChI=1S/C8H8FNO3/c1-5(11)8(12)13-7-6(9)3-2-4-10-7/h2-5,11H,1H3. The molecule has 0 spiro atoms. The molecule has 1 aromatic heterocycles. The number of aromatic nitrogens is 1. The third-order valence-electron chi connectivity index (χ3n) is 1.26.